The summed E-state index contributed by atoms with van der Waals surface area (Å²) < 4.78 is 37.1. The summed E-state index contributed by atoms with van der Waals surface area (Å²) in [5.74, 6) is 5.41. The number of anilines is 2. The van der Waals surface area contributed by atoms with Crippen LogP contribution in [0.1, 0.15) is 63.0 Å². The van der Waals surface area contributed by atoms with Gasteiger partial charge in [0.15, 0.2) is 34.5 Å². The molecule has 6 bridgehead atoms. The van der Waals surface area contributed by atoms with Crippen LogP contribution in [0.25, 0.3) is 0 Å². The zero-order chi connectivity index (χ0) is 47.5. The van der Waals surface area contributed by atoms with Gasteiger partial charge < -0.3 is 38.2 Å². The molecule has 0 N–H and O–H groups in total. The highest BCUT2D eigenvalue weighted by atomic mass is 35.5. The lowest BCUT2D eigenvalue weighted by atomic mass is 9.87. The Kier molecular flexibility index (Phi) is 15.9. The highest BCUT2D eigenvalue weighted by Gasteiger charge is 2.35. The van der Waals surface area contributed by atoms with Gasteiger partial charge >= 0.3 is 0 Å². The Labute approximate surface area is 420 Å². The Morgan fingerprint density at radius 2 is 1.26 bits per heavy atom. The molecule has 10 nitrogen and oxygen atoms in total. The molecule has 0 amide bonds. The van der Waals surface area contributed by atoms with Crippen molar-refractivity contribution in [2.45, 2.75) is 57.0 Å². The minimum Gasteiger partial charge on any atom is -0.493 e. The lowest BCUT2D eigenvalue weighted by Crippen LogP contribution is -2.34. The summed E-state index contributed by atoms with van der Waals surface area (Å²) in [6, 6.07) is 36.3. The quantitative estimate of drug-likeness (QED) is 0.147. The number of aryl methyl sites for hydroxylation is 2. The molecule has 6 aromatic carbocycles. The summed E-state index contributed by atoms with van der Waals surface area (Å²) >= 11 is 6.27. The van der Waals surface area contributed by atoms with E-state index in [0.717, 1.165) is 93.0 Å². The molecule has 0 aliphatic carbocycles. The maximum atomic E-state index is 7.03. The lowest BCUT2D eigenvalue weighted by Gasteiger charge is -2.37. The van der Waals surface area contributed by atoms with Crippen molar-refractivity contribution in [2.75, 3.05) is 87.7 Å². The van der Waals surface area contributed by atoms with Gasteiger partial charge in [-0.3, -0.25) is 9.80 Å². The molecule has 0 aromatic heterocycles. The number of likely N-dealkylation sites (N-methyl/N-ethyl adjacent to an activating group) is 2. The zero-order valence-electron chi connectivity index (χ0n) is 41.3. The molecule has 364 valence electrons. The van der Waals surface area contributed by atoms with Crippen LogP contribution in [0, 0.1) is 0 Å². The third-order valence-corrected chi connectivity index (χ3v) is 14.4. The van der Waals surface area contributed by atoms with Gasteiger partial charge in [-0.05, 0) is 179 Å². The Balaban J connectivity index is 0.000000234. The van der Waals surface area contributed by atoms with E-state index < -0.39 is 0 Å². The largest absolute Gasteiger partial charge is 0.493 e. The van der Waals surface area contributed by atoms with Crippen LogP contribution in [0.15, 0.2) is 103 Å². The first-order valence-corrected chi connectivity index (χ1v) is 24.2. The van der Waals surface area contributed by atoms with E-state index in [9.17, 15) is 0 Å². The Bertz CT molecular complexity index is 2750. The molecule has 0 saturated heterocycles. The summed E-state index contributed by atoms with van der Waals surface area (Å²) in [6.45, 7) is 3.97. The van der Waals surface area contributed by atoms with Gasteiger partial charge in [0, 0.05) is 53.7 Å². The molecular formula is C57H66Cl2N4O6. The van der Waals surface area contributed by atoms with Crippen molar-refractivity contribution in [1.82, 2.24) is 14.7 Å². The van der Waals surface area contributed by atoms with Crippen LogP contribution in [-0.4, -0.2) is 97.5 Å². The van der Waals surface area contributed by atoms with Gasteiger partial charge in [0.2, 0.25) is 5.75 Å². The summed E-state index contributed by atoms with van der Waals surface area (Å²) in [7, 11) is 15.3. The minimum atomic E-state index is 0. The molecule has 11 rings (SSSR count). The van der Waals surface area contributed by atoms with Crippen LogP contribution < -0.4 is 33.3 Å². The van der Waals surface area contributed by atoms with Crippen LogP contribution in [-0.2, 0) is 38.5 Å². The normalized spacial score (nSPS) is 17.2. The molecule has 69 heavy (non-hydrogen) atoms. The highest BCUT2D eigenvalue weighted by Crippen LogP contribution is 2.52. The number of fused-ring (bicyclic) bond motifs is 4. The number of benzene rings is 6. The summed E-state index contributed by atoms with van der Waals surface area (Å²) in [4.78, 5) is 9.50. The maximum absolute atomic E-state index is 7.03. The number of para-hydroxylation sites is 1. The second kappa shape index (κ2) is 22.0. The van der Waals surface area contributed by atoms with E-state index in [1.54, 1.807) is 28.4 Å². The average molecular weight is 974 g/mol. The fraction of sp³-hybridized carbons (Fsp3) is 0.368. The van der Waals surface area contributed by atoms with Gasteiger partial charge in [-0.15, -0.1) is 12.4 Å². The predicted octanol–water partition coefficient (Wildman–Crippen LogP) is 12.1. The standard InChI is InChI=1S/C38H42N2O6.C19H23ClN2.ClH/c1-39-15-13-25-20-32(42-4)34-22-28(25)29(39)17-23-7-10-27(11-8-23)45-33-19-24(9-12-31(33)41-3)18-30-36-26(14-16-40(30)2)21-35(43-5)37(44-6)38(36)46-34;1-21(2)12-5-13-22-18-7-4-3-6-15(18)8-9-16-10-11-17(20)14-19(16)22;/h7-12,19-22,29-30H,13-18H2,1-6H3;3-4,6-7,10-11,14H,5,8-9,12-13H2,1-2H3;1H. The van der Waals surface area contributed by atoms with E-state index in [2.05, 4.69) is 127 Å². The maximum Gasteiger partial charge on any atom is 0.204 e. The van der Waals surface area contributed by atoms with Crippen molar-refractivity contribution in [3.8, 4) is 46.0 Å². The van der Waals surface area contributed by atoms with E-state index in [1.165, 1.54) is 44.8 Å². The fourth-order valence-corrected chi connectivity index (χ4v) is 10.6. The Morgan fingerprint density at radius 1 is 0.609 bits per heavy atom. The summed E-state index contributed by atoms with van der Waals surface area (Å²) in [6.07, 6.45) is 6.67. The predicted molar refractivity (Wildman–Crippen MR) is 280 cm³/mol. The highest BCUT2D eigenvalue weighted by molar-refractivity contribution is 6.30. The van der Waals surface area contributed by atoms with Gasteiger partial charge in [0.1, 0.15) is 5.75 Å². The van der Waals surface area contributed by atoms with Crippen LogP contribution in [0.3, 0.4) is 0 Å². The van der Waals surface area contributed by atoms with Gasteiger partial charge in [-0.25, -0.2) is 0 Å². The second-order valence-corrected chi connectivity index (χ2v) is 19.1. The average Bonchev–Trinajstić information content (AvgIpc) is 3.49. The van der Waals surface area contributed by atoms with Crippen LogP contribution in [0.5, 0.6) is 46.0 Å². The van der Waals surface area contributed by atoms with E-state index in [1.807, 2.05) is 24.3 Å². The summed E-state index contributed by atoms with van der Waals surface area (Å²) in [5.41, 5.74) is 12.6. The zero-order valence-corrected chi connectivity index (χ0v) is 42.8. The van der Waals surface area contributed by atoms with Gasteiger partial charge in [-0.2, -0.15) is 0 Å². The topological polar surface area (TPSA) is 68.3 Å². The number of nitrogens with zero attached hydrogens (tertiary/aromatic N) is 4. The van der Waals surface area contributed by atoms with Crippen molar-refractivity contribution in [3.05, 3.63) is 153 Å². The molecule has 5 aliphatic heterocycles. The smallest absolute Gasteiger partial charge is 0.204 e. The minimum absolute atomic E-state index is 0. The van der Waals surface area contributed by atoms with Crippen molar-refractivity contribution in [2.24, 2.45) is 0 Å². The number of hydrogen-bond donors (Lipinski definition) is 0. The van der Waals surface area contributed by atoms with E-state index in [-0.39, 0.29) is 24.5 Å². The van der Waals surface area contributed by atoms with Gasteiger partial charge in [0.25, 0.3) is 0 Å². The Hall–Kier alpha value is -5.62. The van der Waals surface area contributed by atoms with Crippen LogP contribution in [0.2, 0.25) is 5.02 Å². The first-order chi connectivity index (χ1) is 33.0. The monoisotopic (exact) mass is 972 g/mol. The second-order valence-electron chi connectivity index (χ2n) is 18.7. The van der Waals surface area contributed by atoms with Crippen molar-refractivity contribution >= 4 is 35.4 Å². The number of methoxy groups -OCH3 is 4. The van der Waals surface area contributed by atoms with Gasteiger partial charge in [0.05, 0.1) is 28.4 Å². The molecule has 6 aromatic rings. The van der Waals surface area contributed by atoms with E-state index in [0.29, 0.717) is 40.2 Å². The lowest BCUT2D eigenvalue weighted by molar-refractivity contribution is 0.220. The fourth-order valence-electron chi connectivity index (χ4n) is 10.4. The molecule has 5 aliphatic rings. The molecule has 2 unspecified atom stereocenters. The van der Waals surface area contributed by atoms with Crippen LogP contribution in [0.4, 0.5) is 11.4 Å². The molecule has 0 fully saturated rings. The number of rotatable bonds is 8. The van der Waals surface area contributed by atoms with Crippen molar-refractivity contribution in [1.29, 1.82) is 0 Å². The van der Waals surface area contributed by atoms with Crippen LogP contribution >= 0.6 is 24.0 Å². The molecule has 0 saturated carbocycles. The third kappa shape index (κ3) is 10.6. The third-order valence-electron chi connectivity index (χ3n) is 14.1. The van der Waals surface area contributed by atoms with Gasteiger partial charge in [-0.1, -0.05) is 54.1 Å². The first-order valence-electron chi connectivity index (χ1n) is 23.8. The molecular weight excluding hydrogens is 908 g/mol. The molecule has 2 atom stereocenters. The number of halogens is 2. The number of hydrogen-bond acceptors (Lipinski definition) is 10. The number of ether oxygens (including phenoxy) is 6. The first kappa shape index (κ1) is 49.8. The van der Waals surface area contributed by atoms with Crippen molar-refractivity contribution in [3.63, 3.8) is 0 Å². The molecule has 0 radical (unpaired) electrons. The SMILES string of the molecule is CN(C)CCCN1c2ccccc2CCc2ccc(Cl)cc21.COc1ccc2cc1Oc1ccc(cc1)CC1c3cc(c(OC)cc3CCN1C)Oc1c(OC)c(OC)cc3c1C(C2)N(C)CC3.Cl. The molecule has 5 heterocycles. The molecule has 12 heteroatoms. The Morgan fingerprint density at radius 3 is 1.99 bits per heavy atom. The van der Waals surface area contributed by atoms with E-state index in [4.69, 9.17) is 40.0 Å². The van der Waals surface area contributed by atoms with Crippen molar-refractivity contribution < 1.29 is 28.4 Å². The van der Waals surface area contributed by atoms with E-state index >= 15 is 0 Å². The summed E-state index contributed by atoms with van der Waals surface area (Å²) in [5, 5.41) is 0.816. The molecule has 0 spiro atoms.